The monoisotopic (exact) mass is 429 g/mol. The van der Waals surface area contributed by atoms with Crippen molar-refractivity contribution in [1.29, 1.82) is 0 Å². The minimum absolute atomic E-state index is 0.0570. The Morgan fingerprint density at radius 1 is 1.03 bits per heavy atom. The summed E-state index contributed by atoms with van der Waals surface area (Å²) in [6, 6.07) is 13.4. The second kappa shape index (κ2) is 9.45. The van der Waals surface area contributed by atoms with Gasteiger partial charge in [-0.25, -0.2) is 8.78 Å². The maximum Gasteiger partial charge on any atom is 0.305 e. The van der Waals surface area contributed by atoms with E-state index in [1.807, 2.05) is 0 Å². The van der Waals surface area contributed by atoms with E-state index in [1.165, 1.54) is 31.4 Å². The van der Waals surface area contributed by atoms with Gasteiger partial charge in [0.1, 0.15) is 17.7 Å². The van der Waals surface area contributed by atoms with Crippen LogP contribution in [0.5, 0.6) is 0 Å². The molecule has 6 heteroatoms. The summed E-state index contributed by atoms with van der Waals surface area (Å²) >= 11 is 0. The number of rotatable bonds is 7. The first-order valence-corrected chi connectivity index (χ1v) is 10.9. The number of piperidine rings is 1. The van der Waals surface area contributed by atoms with Crippen LogP contribution in [0.15, 0.2) is 48.5 Å². The summed E-state index contributed by atoms with van der Waals surface area (Å²) < 4.78 is 38.7. The molecule has 2 fully saturated rings. The van der Waals surface area contributed by atoms with Gasteiger partial charge < -0.3 is 9.47 Å². The molecule has 31 heavy (non-hydrogen) atoms. The van der Waals surface area contributed by atoms with Crippen molar-refractivity contribution in [2.45, 2.75) is 56.4 Å². The van der Waals surface area contributed by atoms with Crippen LogP contribution >= 0.6 is 0 Å². The predicted octanol–water partition coefficient (Wildman–Crippen LogP) is 4.88. The molecule has 2 aromatic rings. The highest BCUT2D eigenvalue weighted by Crippen LogP contribution is 2.43. The number of nitrogens with zero attached hydrogens (tertiary/aromatic N) is 1. The summed E-state index contributed by atoms with van der Waals surface area (Å²) in [5.74, 6) is -0.647. The van der Waals surface area contributed by atoms with E-state index in [9.17, 15) is 13.6 Å². The SMILES string of the molecule is COC(=O)CC[C@H]1[C@H](OC(c2ccc(F)cc2)c2ccc(F)cc2)CC2CC[C@@H]1N2C. The maximum absolute atomic E-state index is 13.5. The number of halogens is 2. The Kier molecular flexibility index (Phi) is 6.68. The molecule has 0 amide bonds. The van der Waals surface area contributed by atoms with Crippen LogP contribution in [-0.2, 0) is 14.3 Å². The molecule has 0 saturated carbocycles. The molecule has 2 aliphatic rings. The highest BCUT2D eigenvalue weighted by atomic mass is 19.1. The number of carbonyl (C=O) groups is 1. The molecule has 1 unspecified atom stereocenters. The smallest absolute Gasteiger partial charge is 0.305 e. The third-order valence-corrected chi connectivity index (χ3v) is 6.94. The minimum Gasteiger partial charge on any atom is -0.469 e. The molecule has 2 aliphatic heterocycles. The first kappa shape index (κ1) is 21.9. The largest absolute Gasteiger partial charge is 0.469 e. The minimum atomic E-state index is -0.436. The lowest BCUT2D eigenvalue weighted by atomic mass is 9.83. The molecule has 4 nitrogen and oxygen atoms in total. The van der Waals surface area contributed by atoms with Gasteiger partial charge >= 0.3 is 5.97 Å². The highest BCUT2D eigenvalue weighted by molar-refractivity contribution is 5.69. The summed E-state index contributed by atoms with van der Waals surface area (Å²) in [5.41, 5.74) is 1.65. The molecule has 2 bridgehead atoms. The van der Waals surface area contributed by atoms with Crippen molar-refractivity contribution in [3.05, 3.63) is 71.3 Å². The van der Waals surface area contributed by atoms with Crippen LogP contribution in [-0.4, -0.2) is 43.2 Å². The molecular weight excluding hydrogens is 400 g/mol. The zero-order chi connectivity index (χ0) is 22.0. The Bertz CT molecular complexity index is 841. The summed E-state index contributed by atoms with van der Waals surface area (Å²) in [5, 5.41) is 0. The molecule has 0 radical (unpaired) electrons. The van der Waals surface area contributed by atoms with Crippen molar-refractivity contribution >= 4 is 5.97 Å². The fourth-order valence-corrected chi connectivity index (χ4v) is 5.25. The number of esters is 1. The average molecular weight is 430 g/mol. The molecule has 2 aromatic carbocycles. The molecule has 4 rings (SSSR count). The van der Waals surface area contributed by atoms with Gasteiger partial charge in [-0.05, 0) is 68.1 Å². The molecule has 0 N–H and O–H groups in total. The number of benzene rings is 2. The van der Waals surface area contributed by atoms with Crippen LogP contribution in [0.1, 0.15) is 49.3 Å². The molecule has 0 spiro atoms. The van der Waals surface area contributed by atoms with Crippen LogP contribution in [0.4, 0.5) is 8.78 Å². The Morgan fingerprint density at radius 3 is 2.16 bits per heavy atom. The third kappa shape index (κ3) is 4.80. The highest BCUT2D eigenvalue weighted by Gasteiger charge is 2.46. The zero-order valence-electron chi connectivity index (χ0n) is 18.0. The average Bonchev–Trinajstić information content (AvgIpc) is 3.02. The van der Waals surface area contributed by atoms with Gasteiger partial charge in [-0.15, -0.1) is 0 Å². The normalized spacial score (nSPS) is 25.7. The van der Waals surface area contributed by atoms with Crippen LogP contribution in [0, 0.1) is 17.6 Å². The van der Waals surface area contributed by atoms with E-state index in [-0.39, 0.29) is 29.6 Å². The summed E-state index contributed by atoms with van der Waals surface area (Å²) in [7, 11) is 3.56. The Morgan fingerprint density at radius 2 is 1.61 bits per heavy atom. The van der Waals surface area contributed by atoms with E-state index in [0.29, 0.717) is 24.9 Å². The molecular formula is C25H29F2NO3. The topological polar surface area (TPSA) is 38.8 Å². The summed E-state index contributed by atoms with van der Waals surface area (Å²) in [4.78, 5) is 14.3. The Labute approximate surface area is 182 Å². The van der Waals surface area contributed by atoms with Crippen molar-refractivity contribution in [1.82, 2.24) is 4.90 Å². The van der Waals surface area contributed by atoms with E-state index >= 15 is 0 Å². The van der Waals surface area contributed by atoms with Crippen molar-refractivity contribution < 1.29 is 23.0 Å². The third-order valence-electron chi connectivity index (χ3n) is 6.94. The zero-order valence-corrected chi connectivity index (χ0v) is 18.0. The Hall–Kier alpha value is -2.31. The first-order chi connectivity index (χ1) is 15.0. The van der Waals surface area contributed by atoms with E-state index in [4.69, 9.17) is 9.47 Å². The number of fused-ring (bicyclic) bond motifs is 2. The number of hydrogen-bond acceptors (Lipinski definition) is 4. The molecule has 4 atom stereocenters. The van der Waals surface area contributed by atoms with Crippen molar-refractivity contribution in [3.63, 3.8) is 0 Å². The fourth-order valence-electron chi connectivity index (χ4n) is 5.25. The van der Waals surface area contributed by atoms with Gasteiger partial charge in [0.2, 0.25) is 0 Å². The number of ether oxygens (including phenoxy) is 2. The summed E-state index contributed by atoms with van der Waals surface area (Å²) in [6.45, 7) is 0. The van der Waals surface area contributed by atoms with Crippen molar-refractivity contribution in [2.24, 2.45) is 5.92 Å². The second-order valence-corrected chi connectivity index (χ2v) is 8.64. The van der Waals surface area contributed by atoms with Crippen LogP contribution in [0.3, 0.4) is 0 Å². The van der Waals surface area contributed by atoms with Gasteiger partial charge in [-0.1, -0.05) is 24.3 Å². The van der Waals surface area contributed by atoms with Gasteiger partial charge in [0.25, 0.3) is 0 Å². The first-order valence-electron chi connectivity index (χ1n) is 10.9. The number of carbonyl (C=O) groups excluding carboxylic acids is 1. The van der Waals surface area contributed by atoms with Crippen LogP contribution in [0.25, 0.3) is 0 Å². The molecule has 166 valence electrons. The molecule has 0 aromatic heterocycles. The fraction of sp³-hybridized carbons (Fsp3) is 0.480. The summed E-state index contributed by atoms with van der Waals surface area (Å²) in [6.07, 6.45) is 3.63. The lowest BCUT2D eigenvalue weighted by Crippen LogP contribution is -2.50. The molecule has 0 aliphatic carbocycles. The predicted molar refractivity (Wildman–Crippen MR) is 113 cm³/mol. The van der Waals surface area contributed by atoms with Crippen LogP contribution < -0.4 is 0 Å². The quantitative estimate of drug-likeness (QED) is 0.589. The Balaban J connectivity index is 1.62. The number of hydrogen-bond donors (Lipinski definition) is 0. The van der Waals surface area contributed by atoms with Gasteiger partial charge in [-0.2, -0.15) is 0 Å². The van der Waals surface area contributed by atoms with E-state index in [0.717, 1.165) is 30.4 Å². The number of methoxy groups -OCH3 is 1. The van der Waals surface area contributed by atoms with Crippen molar-refractivity contribution in [2.75, 3.05) is 14.2 Å². The van der Waals surface area contributed by atoms with Gasteiger partial charge in [0, 0.05) is 24.4 Å². The van der Waals surface area contributed by atoms with E-state index in [2.05, 4.69) is 11.9 Å². The second-order valence-electron chi connectivity index (χ2n) is 8.64. The standard InChI is InChI=1S/C25H29F2NO3/c1-28-20-11-13-22(28)21(12-14-24(29)30-2)23(15-20)31-25(16-3-7-18(26)8-4-16)17-5-9-19(27)10-6-17/h3-10,20-23,25H,11-15H2,1-2H3/t20?,21-,22+,23-/m1/s1. The van der Waals surface area contributed by atoms with Gasteiger partial charge in [-0.3, -0.25) is 9.69 Å². The lowest BCUT2D eigenvalue weighted by Gasteiger charge is -2.44. The van der Waals surface area contributed by atoms with Crippen LogP contribution in [0.2, 0.25) is 0 Å². The lowest BCUT2D eigenvalue weighted by molar-refractivity contribution is -0.142. The molecule has 2 heterocycles. The van der Waals surface area contributed by atoms with Gasteiger partial charge in [0.15, 0.2) is 0 Å². The van der Waals surface area contributed by atoms with Crippen molar-refractivity contribution in [3.8, 4) is 0 Å². The van der Waals surface area contributed by atoms with E-state index in [1.54, 1.807) is 24.3 Å². The van der Waals surface area contributed by atoms with Gasteiger partial charge in [0.05, 0.1) is 13.2 Å². The molecule has 2 saturated heterocycles. The van der Waals surface area contributed by atoms with E-state index < -0.39 is 6.10 Å². The maximum atomic E-state index is 13.5.